The van der Waals surface area contributed by atoms with Crippen LogP contribution >= 0.6 is 0 Å². The zero-order valence-corrected chi connectivity index (χ0v) is 15.0. The molecule has 0 amide bonds. The number of halogens is 3. The highest BCUT2D eigenvalue weighted by molar-refractivity contribution is 5.81. The summed E-state index contributed by atoms with van der Waals surface area (Å²) in [6, 6.07) is 10.9. The molecule has 148 valence electrons. The standard InChI is InChI=1S/C20H13F3N2O4/c1-11-8-18(26)28-16-9-14(6-7-15(11)16)27-10-17-24-19(29-25-17)12-2-4-13(5-3-12)20(21,22)23/h2-9H,10H2,1H3. The third-order valence-electron chi connectivity index (χ3n) is 4.22. The van der Waals surface area contributed by atoms with Gasteiger partial charge in [-0.1, -0.05) is 5.16 Å². The highest BCUT2D eigenvalue weighted by atomic mass is 19.4. The van der Waals surface area contributed by atoms with E-state index in [2.05, 4.69) is 10.1 Å². The Labute approximate surface area is 161 Å². The van der Waals surface area contributed by atoms with Crippen LogP contribution in [0.15, 0.2) is 62.3 Å². The number of fused-ring (bicyclic) bond motifs is 1. The van der Waals surface area contributed by atoms with Gasteiger partial charge in [-0.2, -0.15) is 18.2 Å². The number of aryl methyl sites for hydroxylation is 1. The van der Waals surface area contributed by atoms with Crippen molar-refractivity contribution < 1.29 is 26.8 Å². The van der Waals surface area contributed by atoms with Gasteiger partial charge in [0.05, 0.1) is 5.56 Å². The number of alkyl halides is 3. The Balaban J connectivity index is 1.48. The molecule has 0 aliphatic heterocycles. The number of ether oxygens (including phenoxy) is 1. The second kappa shape index (κ2) is 7.08. The quantitative estimate of drug-likeness (QED) is 0.459. The van der Waals surface area contributed by atoms with Crippen LogP contribution in [0.25, 0.3) is 22.4 Å². The predicted molar refractivity (Wildman–Crippen MR) is 96.3 cm³/mol. The summed E-state index contributed by atoms with van der Waals surface area (Å²) in [6.07, 6.45) is -4.41. The molecule has 0 spiro atoms. The van der Waals surface area contributed by atoms with Crippen molar-refractivity contribution in [1.82, 2.24) is 10.1 Å². The van der Waals surface area contributed by atoms with Crippen LogP contribution in [0, 0.1) is 6.92 Å². The Hall–Kier alpha value is -3.62. The first-order chi connectivity index (χ1) is 13.8. The predicted octanol–water partition coefficient (Wildman–Crippen LogP) is 4.75. The minimum atomic E-state index is -4.41. The molecule has 0 fully saturated rings. The van der Waals surface area contributed by atoms with Crippen molar-refractivity contribution in [3.8, 4) is 17.2 Å². The van der Waals surface area contributed by atoms with Gasteiger partial charge >= 0.3 is 11.8 Å². The van der Waals surface area contributed by atoms with Crippen LogP contribution < -0.4 is 10.4 Å². The molecule has 2 aromatic carbocycles. The van der Waals surface area contributed by atoms with E-state index in [4.69, 9.17) is 13.7 Å². The van der Waals surface area contributed by atoms with E-state index in [-0.39, 0.29) is 18.3 Å². The van der Waals surface area contributed by atoms with Crippen molar-refractivity contribution in [1.29, 1.82) is 0 Å². The number of benzene rings is 2. The van der Waals surface area contributed by atoms with Crippen molar-refractivity contribution in [3.05, 3.63) is 75.9 Å². The van der Waals surface area contributed by atoms with Crippen molar-refractivity contribution in [2.45, 2.75) is 19.7 Å². The third-order valence-corrected chi connectivity index (χ3v) is 4.22. The first-order valence-corrected chi connectivity index (χ1v) is 8.47. The van der Waals surface area contributed by atoms with E-state index in [0.29, 0.717) is 16.9 Å². The van der Waals surface area contributed by atoms with Gasteiger partial charge in [0.15, 0.2) is 6.61 Å². The highest BCUT2D eigenvalue weighted by Gasteiger charge is 2.30. The van der Waals surface area contributed by atoms with E-state index >= 15 is 0 Å². The van der Waals surface area contributed by atoms with E-state index in [0.717, 1.165) is 23.1 Å². The molecule has 0 saturated carbocycles. The lowest BCUT2D eigenvalue weighted by molar-refractivity contribution is -0.137. The summed E-state index contributed by atoms with van der Waals surface area (Å²) in [5, 5.41) is 4.56. The maximum atomic E-state index is 12.6. The zero-order valence-electron chi connectivity index (χ0n) is 15.0. The van der Waals surface area contributed by atoms with Gasteiger partial charge in [-0.15, -0.1) is 0 Å². The average Bonchev–Trinajstić information content (AvgIpc) is 3.14. The second-order valence-electron chi connectivity index (χ2n) is 6.29. The highest BCUT2D eigenvalue weighted by Crippen LogP contribution is 2.30. The smallest absolute Gasteiger partial charge is 0.416 e. The molecule has 0 N–H and O–H groups in total. The normalized spacial score (nSPS) is 11.7. The lowest BCUT2D eigenvalue weighted by atomic mass is 10.1. The fraction of sp³-hybridized carbons (Fsp3) is 0.150. The summed E-state index contributed by atoms with van der Waals surface area (Å²) >= 11 is 0. The topological polar surface area (TPSA) is 78.4 Å². The van der Waals surface area contributed by atoms with Crippen LogP contribution in [0.2, 0.25) is 0 Å². The third kappa shape index (κ3) is 3.98. The van der Waals surface area contributed by atoms with Gasteiger partial charge < -0.3 is 13.7 Å². The Bertz CT molecular complexity index is 1230. The van der Waals surface area contributed by atoms with Gasteiger partial charge in [0.2, 0.25) is 5.82 Å². The average molecular weight is 402 g/mol. The van der Waals surface area contributed by atoms with E-state index in [1.54, 1.807) is 18.2 Å². The summed E-state index contributed by atoms with van der Waals surface area (Å²) in [7, 11) is 0. The van der Waals surface area contributed by atoms with Crippen LogP contribution in [0.1, 0.15) is 17.0 Å². The fourth-order valence-electron chi connectivity index (χ4n) is 2.77. The van der Waals surface area contributed by atoms with Crippen molar-refractivity contribution in [2.75, 3.05) is 0 Å². The van der Waals surface area contributed by atoms with Crippen LogP contribution in [0.5, 0.6) is 5.75 Å². The zero-order chi connectivity index (χ0) is 20.6. The number of aromatic nitrogens is 2. The summed E-state index contributed by atoms with van der Waals surface area (Å²) < 4.78 is 53.8. The van der Waals surface area contributed by atoms with Crippen LogP contribution in [0.4, 0.5) is 13.2 Å². The number of hydrogen-bond donors (Lipinski definition) is 0. The number of hydrogen-bond acceptors (Lipinski definition) is 6. The summed E-state index contributed by atoms with van der Waals surface area (Å²) in [6.45, 7) is 1.77. The van der Waals surface area contributed by atoms with Crippen LogP contribution in [0.3, 0.4) is 0 Å². The molecule has 0 radical (unpaired) electrons. The van der Waals surface area contributed by atoms with E-state index in [1.165, 1.54) is 18.2 Å². The van der Waals surface area contributed by atoms with Gasteiger partial charge in [0, 0.05) is 23.1 Å². The first kappa shape index (κ1) is 18.7. The Kier molecular flexibility index (Phi) is 4.57. The maximum absolute atomic E-state index is 12.6. The minimum absolute atomic E-state index is 0.0360. The van der Waals surface area contributed by atoms with Gasteiger partial charge in [0.25, 0.3) is 5.89 Å². The van der Waals surface area contributed by atoms with Gasteiger partial charge in [0.1, 0.15) is 11.3 Å². The maximum Gasteiger partial charge on any atom is 0.416 e. The molecule has 4 aromatic rings. The molecule has 0 atom stereocenters. The minimum Gasteiger partial charge on any atom is -0.485 e. The molecule has 4 rings (SSSR count). The Morgan fingerprint density at radius 2 is 1.83 bits per heavy atom. The van der Waals surface area contributed by atoms with Gasteiger partial charge in [-0.25, -0.2) is 4.79 Å². The van der Waals surface area contributed by atoms with E-state index in [9.17, 15) is 18.0 Å². The van der Waals surface area contributed by atoms with Crippen LogP contribution in [-0.4, -0.2) is 10.1 Å². The van der Waals surface area contributed by atoms with Gasteiger partial charge in [-0.05, 0) is 48.9 Å². The van der Waals surface area contributed by atoms with Crippen molar-refractivity contribution in [2.24, 2.45) is 0 Å². The second-order valence-corrected chi connectivity index (χ2v) is 6.29. The Morgan fingerprint density at radius 3 is 2.55 bits per heavy atom. The molecular weight excluding hydrogens is 389 g/mol. The molecule has 29 heavy (non-hydrogen) atoms. The SMILES string of the molecule is Cc1cc(=O)oc2cc(OCc3noc(-c4ccc(C(F)(F)F)cc4)n3)ccc12. The Morgan fingerprint density at radius 1 is 1.07 bits per heavy atom. The van der Waals surface area contributed by atoms with Crippen LogP contribution in [-0.2, 0) is 12.8 Å². The van der Waals surface area contributed by atoms with Crippen molar-refractivity contribution in [3.63, 3.8) is 0 Å². The molecule has 6 nitrogen and oxygen atoms in total. The fourth-order valence-corrected chi connectivity index (χ4v) is 2.77. The molecule has 0 saturated heterocycles. The summed E-state index contributed by atoms with van der Waals surface area (Å²) in [4.78, 5) is 15.6. The molecule has 2 heterocycles. The number of nitrogens with zero attached hydrogens (tertiary/aromatic N) is 2. The van der Waals surface area contributed by atoms with Gasteiger partial charge in [-0.3, -0.25) is 0 Å². The molecule has 0 aliphatic rings. The van der Waals surface area contributed by atoms with E-state index in [1.807, 2.05) is 6.92 Å². The first-order valence-electron chi connectivity index (χ1n) is 8.47. The molecular formula is C20H13F3N2O4. The lowest BCUT2D eigenvalue weighted by Gasteiger charge is -2.06. The molecule has 0 bridgehead atoms. The molecule has 0 unspecified atom stereocenters. The number of rotatable bonds is 4. The lowest BCUT2D eigenvalue weighted by Crippen LogP contribution is -2.04. The van der Waals surface area contributed by atoms with Crippen molar-refractivity contribution >= 4 is 11.0 Å². The molecule has 9 heteroatoms. The van der Waals surface area contributed by atoms with E-state index < -0.39 is 17.4 Å². The molecule has 0 aliphatic carbocycles. The monoisotopic (exact) mass is 402 g/mol. The summed E-state index contributed by atoms with van der Waals surface area (Å²) in [5.74, 6) is 0.732. The molecule has 2 aromatic heterocycles. The summed E-state index contributed by atoms with van der Waals surface area (Å²) in [5.41, 5.74) is 0.335. The largest absolute Gasteiger partial charge is 0.485 e.